The number of amides is 1. The van der Waals surface area contributed by atoms with Crippen LogP contribution in [0.15, 0.2) is 54.6 Å². The van der Waals surface area contributed by atoms with Gasteiger partial charge >= 0.3 is 0 Å². The Bertz CT molecular complexity index is 683. The number of hydrogen-bond donors (Lipinski definition) is 1. The fourth-order valence-corrected chi connectivity index (χ4v) is 2.56. The second-order valence-corrected chi connectivity index (χ2v) is 5.88. The van der Waals surface area contributed by atoms with Gasteiger partial charge in [0.2, 0.25) is 5.91 Å². The maximum Gasteiger partial charge on any atom is 0.230 e. The number of thioether (sulfide) groups is 1. The van der Waals surface area contributed by atoms with Gasteiger partial charge in [-0.1, -0.05) is 36.4 Å². The SMILES string of the molecule is CC(NC(=O)CSCC#N)c1ccccc1Oc1ccccc1. The smallest absolute Gasteiger partial charge is 0.230 e. The van der Waals surface area contributed by atoms with Gasteiger partial charge in [-0.2, -0.15) is 5.26 Å². The third-order valence-electron chi connectivity index (χ3n) is 3.13. The minimum absolute atomic E-state index is 0.0905. The van der Waals surface area contributed by atoms with Crippen LogP contribution in [0.4, 0.5) is 0 Å². The van der Waals surface area contributed by atoms with Crippen LogP contribution >= 0.6 is 11.8 Å². The van der Waals surface area contributed by atoms with Crippen LogP contribution in [0, 0.1) is 11.3 Å². The van der Waals surface area contributed by atoms with Gasteiger partial charge in [-0.25, -0.2) is 0 Å². The van der Waals surface area contributed by atoms with Crippen LogP contribution < -0.4 is 10.1 Å². The van der Waals surface area contributed by atoms with E-state index in [4.69, 9.17) is 10.00 Å². The normalized spacial score (nSPS) is 11.3. The Morgan fingerprint density at radius 2 is 1.91 bits per heavy atom. The summed E-state index contributed by atoms with van der Waals surface area (Å²) in [5, 5.41) is 11.4. The van der Waals surface area contributed by atoms with E-state index in [2.05, 4.69) is 5.32 Å². The predicted octanol–water partition coefficient (Wildman–Crippen LogP) is 3.91. The van der Waals surface area contributed by atoms with Crippen LogP contribution in [0.3, 0.4) is 0 Å². The summed E-state index contributed by atoms with van der Waals surface area (Å²) in [5.74, 6) is 1.97. The molecule has 1 atom stereocenters. The quantitative estimate of drug-likeness (QED) is 0.784. The standard InChI is InChI=1S/C18H18N2O2S/c1-14(20-18(21)13-23-12-11-19)16-9-5-6-10-17(16)22-15-7-3-2-4-8-15/h2-10,14H,12-13H2,1H3,(H,20,21). The first-order chi connectivity index (χ1) is 11.2. The average molecular weight is 326 g/mol. The molecule has 0 aliphatic rings. The van der Waals surface area contributed by atoms with E-state index in [0.717, 1.165) is 17.1 Å². The van der Waals surface area contributed by atoms with Crippen LogP contribution in [0.5, 0.6) is 11.5 Å². The highest BCUT2D eigenvalue weighted by Crippen LogP contribution is 2.29. The van der Waals surface area contributed by atoms with Crippen molar-refractivity contribution >= 4 is 17.7 Å². The summed E-state index contributed by atoms with van der Waals surface area (Å²) in [6.45, 7) is 1.92. The molecule has 0 aliphatic heterocycles. The number of carbonyl (C=O) groups is 1. The Balaban J connectivity index is 2.04. The Labute approximate surface area is 140 Å². The molecule has 0 aliphatic carbocycles. The molecule has 5 heteroatoms. The number of rotatable bonds is 7. The van der Waals surface area contributed by atoms with Crippen molar-refractivity contribution in [1.82, 2.24) is 5.32 Å². The van der Waals surface area contributed by atoms with E-state index < -0.39 is 0 Å². The highest BCUT2D eigenvalue weighted by Gasteiger charge is 2.14. The molecular formula is C18H18N2O2S. The molecule has 0 spiro atoms. The van der Waals surface area contributed by atoms with Crippen LogP contribution in [-0.4, -0.2) is 17.4 Å². The Kier molecular flexibility index (Phi) is 6.52. The summed E-state index contributed by atoms with van der Waals surface area (Å²) in [7, 11) is 0. The minimum atomic E-state index is -0.176. The third-order valence-corrected chi connectivity index (χ3v) is 3.93. The first kappa shape index (κ1) is 16.9. The molecule has 0 saturated carbocycles. The number of carbonyl (C=O) groups excluding carboxylic acids is 1. The molecule has 2 aromatic carbocycles. The Hall–Kier alpha value is -2.45. The third kappa shape index (κ3) is 5.35. The van der Waals surface area contributed by atoms with Gasteiger partial charge in [0.05, 0.1) is 23.6 Å². The van der Waals surface area contributed by atoms with Crippen molar-refractivity contribution in [2.45, 2.75) is 13.0 Å². The van der Waals surface area contributed by atoms with Crippen molar-refractivity contribution in [1.29, 1.82) is 5.26 Å². The largest absolute Gasteiger partial charge is 0.457 e. The van der Waals surface area contributed by atoms with Crippen LogP contribution in [-0.2, 0) is 4.79 Å². The lowest BCUT2D eigenvalue weighted by molar-refractivity contribution is -0.119. The van der Waals surface area contributed by atoms with Crippen molar-refractivity contribution < 1.29 is 9.53 Å². The lowest BCUT2D eigenvalue weighted by Gasteiger charge is -2.18. The molecule has 0 saturated heterocycles. The predicted molar refractivity (Wildman–Crippen MR) is 92.5 cm³/mol. The second-order valence-electron chi connectivity index (χ2n) is 4.89. The van der Waals surface area contributed by atoms with Crippen molar-refractivity contribution in [3.05, 3.63) is 60.2 Å². The maximum atomic E-state index is 11.9. The molecule has 2 aromatic rings. The molecule has 0 heterocycles. The van der Waals surface area contributed by atoms with Crippen molar-refractivity contribution in [2.24, 2.45) is 0 Å². The molecule has 118 valence electrons. The van der Waals surface area contributed by atoms with Crippen molar-refractivity contribution in [3.63, 3.8) is 0 Å². The highest BCUT2D eigenvalue weighted by molar-refractivity contribution is 8.00. The van der Waals surface area contributed by atoms with Gasteiger partial charge in [-0.15, -0.1) is 11.8 Å². The average Bonchev–Trinajstić information content (AvgIpc) is 2.56. The summed E-state index contributed by atoms with van der Waals surface area (Å²) in [6, 6.07) is 19.0. The second kappa shape index (κ2) is 8.86. The van der Waals surface area contributed by atoms with Gasteiger partial charge in [-0.3, -0.25) is 4.79 Å². The van der Waals surface area contributed by atoms with Gasteiger partial charge in [0.15, 0.2) is 0 Å². The number of nitriles is 1. The van der Waals surface area contributed by atoms with Gasteiger partial charge in [0, 0.05) is 5.56 Å². The number of nitrogens with zero attached hydrogens (tertiary/aromatic N) is 1. The van der Waals surface area contributed by atoms with Gasteiger partial charge < -0.3 is 10.1 Å². The van der Waals surface area contributed by atoms with E-state index in [-0.39, 0.29) is 17.7 Å². The summed E-state index contributed by atoms with van der Waals surface area (Å²) in [5.41, 5.74) is 0.912. The van der Waals surface area contributed by atoms with Gasteiger partial charge in [0.1, 0.15) is 11.5 Å². The first-order valence-electron chi connectivity index (χ1n) is 7.26. The Morgan fingerprint density at radius 3 is 2.65 bits per heavy atom. The molecule has 4 nitrogen and oxygen atoms in total. The number of nitrogens with one attached hydrogen (secondary N) is 1. The number of benzene rings is 2. The summed E-state index contributed by atoms with van der Waals surface area (Å²) in [6.07, 6.45) is 0. The lowest BCUT2D eigenvalue weighted by atomic mass is 10.1. The number of hydrogen-bond acceptors (Lipinski definition) is 4. The zero-order valence-corrected chi connectivity index (χ0v) is 13.7. The van der Waals surface area contributed by atoms with E-state index in [1.165, 1.54) is 11.8 Å². The number of ether oxygens (including phenoxy) is 1. The van der Waals surface area contributed by atoms with Crippen molar-refractivity contribution in [3.8, 4) is 17.6 Å². The first-order valence-corrected chi connectivity index (χ1v) is 8.42. The topological polar surface area (TPSA) is 62.1 Å². The molecule has 1 amide bonds. The molecular weight excluding hydrogens is 308 g/mol. The maximum absolute atomic E-state index is 11.9. The molecule has 0 radical (unpaired) electrons. The van der Waals surface area contributed by atoms with E-state index in [1.54, 1.807) is 0 Å². The van der Waals surface area contributed by atoms with E-state index >= 15 is 0 Å². The zero-order chi connectivity index (χ0) is 16.5. The lowest BCUT2D eigenvalue weighted by Crippen LogP contribution is -2.28. The van der Waals surface area contributed by atoms with Crippen LogP contribution in [0.1, 0.15) is 18.5 Å². The Morgan fingerprint density at radius 1 is 1.22 bits per heavy atom. The van der Waals surface area contributed by atoms with Gasteiger partial charge in [0.25, 0.3) is 0 Å². The summed E-state index contributed by atoms with van der Waals surface area (Å²) in [4.78, 5) is 11.9. The molecule has 0 bridgehead atoms. The van der Waals surface area contributed by atoms with Crippen molar-refractivity contribution in [2.75, 3.05) is 11.5 Å². The van der Waals surface area contributed by atoms with E-state index in [0.29, 0.717) is 5.75 Å². The van der Waals surface area contributed by atoms with E-state index in [9.17, 15) is 4.79 Å². The van der Waals surface area contributed by atoms with E-state index in [1.807, 2.05) is 67.6 Å². The molecule has 1 N–H and O–H groups in total. The summed E-state index contributed by atoms with van der Waals surface area (Å²) < 4.78 is 5.91. The van der Waals surface area contributed by atoms with Crippen LogP contribution in [0.2, 0.25) is 0 Å². The monoisotopic (exact) mass is 326 g/mol. The molecule has 2 rings (SSSR count). The van der Waals surface area contributed by atoms with Gasteiger partial charge in [-0.05, 0) is 25.1 Å². The molecule has 1 unspecified atom stereocenters. The fraction of sp³-hybridized carbons (Fsp3) is 0.222. The molecule has 23 heavy (non-hydrogen) atoms. The minimum Gasteiger partial charge on any atom is -0.457 e. The van der Waals surface area contributed by atoms with Crippen LogP contribution in [0.25, 0.3) is 0 Å². The molecule has 0 aromatic heterocycles. The number of para-hydroxylation sites is 2. The molecule has 0 fully saturated rings. The summed E-state index contributed by atoms with van der Waals surface area (Å²) >= 11 is 1.30. The fourth-order valence-electron chi connectivity index (χ4n) is 2.10. The highest BCUT2D eigenvalue weighted by atomic mass is 32.2. The zero-order valence-electron chi connectivity index (χ0n) is 12.9.